The van der Waals surface area contributed by atoms with Crippen LogP contribution in [-0.2, 0) is 0 Å². The molecule has 0 aromatic heterocycles. The Bertz CT molecular complexity index is 2340. The number of aliphatic hydroxyl groups is 1. The average Bonchev–Trinajstić information content (AvgIpc) is 3.43. The highest BCUT2D eigenvalue weighted by Crippen LogP contribution is 2.22. The predicted octanol–water partition coefficient (Wildman–Crippen LogP) is 28.6. The van der Waals surface area contributed by atoms with Gasteiger partial charge in [0.05, 0.1) is 0 Å². The molecular formula is C85H140O. The van der Waals surface area contributed by atoms with Crippen molar-refractivity contribution in [2.75, 3.05) is 6.61 Å². The molecule has 0 saturated heterocycles. The number of allylic oxidation sites excluding steroid dienone is 32. The zero-order valence-corrected chi connectivity index (χ0v) is 60.3. The summed E-state index contributed by atoms with van der Waals surface area (Å²) in [5, 5.41) is 9.10. The lowest BCUT2D eigenvalue weighted by molar-refractivity contribution is 0.259. The van der Waals surface area contributed by atoms with Gasteiger partial charge in [0.1, 0.15) is 0 Å². The summed E-state index contributed by atoms with van der Waals surface area (Å²) in [6, 6.07) is 0. The van der Waals surface area contributed by atoms with Gasteiger partial charge in [0.15, 0.2) is 0 Å². The second-order valence-corrected chi connectivity index (χ2v) is 27.3. The van der Waals surface area contributed by atoms with Crippen LogP contribution >= 0.6 is 0 Å². The molecule has 86 heavy (non-hydrogen) atoms. The van der Waals surface area contributed by atoms with E-state index >= 15 is 0 Å². The maximum Gasteiger partial charge on any atom is 0.0433 e. The Hall–Kier alpha value is -4.20. The minimum absolute atomic E-state index is 0.309. The summed E-state index contributed by atoms with van der Waals surface area (Å²) < 4.78 is 0. The van der Waals surface area contributed by atoms with Gasteiger partial charge in [0, 0.05) is 6.61 Å². The van der Waals surface area contributed by atoms with Crippen molar-refractivity contribution in [1.82, 2.24) is 0 Å². The van der Waals surface area contributed by atoms with E-state index in [0.29, 0.717) is 12.5 Å². The quantitative estimate of drug-likeness (QED) is 0.0602. The van der Waals surface area contributed by atoms with Gasteiger partial charge in [-0.2, -0.15) is 0 Å². The molecule has 0 aromatic rings. The molecule has 0 saturated carbocycles. The van der Waals surface area contributed by atoms with Gasteiger partial charge in [-0.3, -0.25) is 0 Å². The van der Waals surface area contributed by atoms with E-state index in [9.17, 15) is 0 Å². The molecule has 0 amide bonds. The molecule has 1 unspecified atom stereocenters. The van der Waals surface area contributed by atoms with Crippen LogP contribution in [0, 0.1) is 5.92 Å². The van der Waals surface area contributed by atoms with Crippen molar-refractivity contribution in [3.05, 3.63) is 186 Å². The molecule has 486 valence electrons. The first-order valence-electron chi connectivity index (χ1n) is 35.2. The zero-order valence-electron chi connectivity index (χ0n) is 60.3. The Morgan fingerprint density at radius 1 is 0.198 bits per heavy atom. The standard InChI is InChI=1S/C85H140O/c1-69(2)35-19-36-70(3)37-20-38-71(4)39-21-40-72(5)41-22-42-73(6)43-23-44-74(7)45-24-46-75(8)47-25-48-76(9)49-26-50-77(10)51-27-52-78(11)53-28-54-79(12)55-29-56-80(13)57-30-58-81(14)59-31-60-82(15)61-32-62-83(16)63-33-64-84(17)65-34-66-85(18)67-68-86/h35,37,39,41,43,45,47,49,51,53,55,57,59,61,63,65,85-86H,19-34,36,38,40,42,44,46,48,50,52,54,56,58,60,62,64,66-68H2,1-18H3/b70-37+,71-39+,72-41+,73-43+,74-45+,75-47+,76-49+,77-51+,78-53+,79-55+,80-57+,81-59+,82-61+,83-63+,84-65+. The third-order valence-corrected chi connectivity index (χ3v) is 17.3. The Labute approximate surface area is 537 Å². The fourth-order valence-electron chi connectivity index (χ4n) is 10.7. The summed E-state index contributed by atoms with van der Waals surface area (Å²) in [7, 11) is 0. The van der Waals surface area contributed by atoms with E-state index in [1.165, 1.54) is 192 Å². The second kappa shape index (κ2) is 54.9. The van der Waals surface area contributed by atoms with E-state index in [2.05, 4.69) is 222 Å². The van der Waals surface area contributed by atoms with Crippen LogP contribution < -0.4 is 0 Å². The lowest BCUT2D eigenvalue weighted by Gasteiger charge is -2.07. The summed E-state index contributed by atoms with van der Waals surface area (Å²) in [4.78, 5) is 0. The first kappa shape index (κ1) is 81.8. The molecule has 0 aliphatic carbocycles. The van der Waals surface area contributed by atoms with Crippen LogP contribution in [0.5, 0.6) is 0 Å². The first-order valence-corrected chi connectivity index (χ1v) is 35.2. The van der Waals surface area contributed by atoms with Gasteiger partial charge < -0.3 is 5.11 Å². The highest BCUT2D eigenvalue weighted by molar-refractivity contribution is 5.14. The van der Waals surface area contributed by atoms with Gasteiger partial charge in [-0.1, -0.05) is 193 Å². The predicted molar refractivity (Wildman–Crippen MR) is 394 cm³/mol. The fourth-order valence-corrected chi connectivity index (χ4v) is 10.7. The summed E-state index contributed by atoms with van der Waals surface area (Å²) in [6.07, 6.45) is 77.4. The Balaban J connectivity index is 4.33. The highest BCUT2D eigenvalue weighted by atomic mass is 16.3. The molecule has 1 N–H and O–H groups in total. The molecule has 0 aromatic carbocycles. The van der Waals surface area contributed by atoms with E-state index in [-0.39, 0.29) is 0 Å². The maximum absolute atomic E-state index is 9.10. The molecule has 0 radical (unpaired) electrons. The van der Waals surface area contributed by atoms with E-state index in [0.717, 1.165) is 109 Å². The van der Waals surface area contributed by atoms with Crippen LogP contribution in [0.3, 0.4) is 0 Å². The van der Waals surface area contributed by atoms with E-state index < -0.39 is 0 Å². The number of aliphatic hydroxyl groups excluding tert-OH is 1. The van der Waals surface area contributed by atoms with Crippen molar-refractivity contribution in [1.29, 1.82) is 0 Å². The van der Waals surface area contributed by atoms with Gasteiger partial charge in [-0.25, -0.2) is 0 Å². The van der Waals surface area contributed by atoms with Crippen molar-refractivity contribution in [2.45, 2.75) is 337 Å². The van der Waals surface area contributed by atoms with Crippen molar-refractivity contribution in [2.24, 2.45) is 5.92 Å². The van der Waals surface area contributed by atoms with Crippen LogP contribution in [0.2, 0.25) is 0 Å². The van der Waals surface area contributed by atoms with Crippen LogP contribution in [0.1, 0.15) is 337 Å². The molecule has 1 atom stereocenters. The van der Waals surface area contributed by atoms with Gasteiger partial charge in [0.25, 0.3) is 0 Å². The lowest BCUT2D eigenvalue weighted by atomic mass is 10.0. The molecule has 0 aliphatic rings. The molecule has 0 spiro atoms. The molecule has 1 heteroatoms. The molecule has 0 aliphatic heterocycles. The second-order valence-electron chi connectivity index (χ2n) is 27.3. The summed E-state index contributed by atoms with van der Waals surface area (Å²) in [6.45, 7) is 41.5. The van der Waals surface area contributed by atoms with Crippen molar-refractivity contribution >= 4 is 0 Å². The van der Waals surface area contributed by atoms with Crippen LogP contribution in [-0.4, -0.2) is 11.7 Å². The Morgan fingerprint density at radius 3 is 0.453 bits per heavy atom. The topological polar surface area (TPSA) is 20.2 Å². The molecule has 1 nitrogen and oxygen atoms in total. The first-order chi connectivity index (χ1) is 41.1. The number of rotatable bonds is 50. The summed E-state index contributed by atoms with van der Waals surface area (Å²) >= 11 is 0. The molecule has 0 rings (SSSR count). The van der Waals surface area contributed by atoms with E-state index in [1.807, 2.05) is 0 Å². The largest absolute Gasteiger partial charge is 0.396 e. The highest BCUT2D eigenvalue weighted by Gasteiger charge is 2.03. The number of hydrogen-bond donors (Lipinski definition) is 1. The normalized spacial score (nSPS) is 15.4. The van der Waals surface area contributed by atoms with Crippen LogP contribution in [0.4, 0.5) is 0 Å². The summed E-state index contributed by atoms with van der Waals surface area (Å²) in [5.41, 5.74) is 24.3. The van der Waals surface area contributed by atoms with E-state index in [4.69, 9.17) is 5.11 Å². The van der Waals surface area contributed by atoms with Gasteiger partial charge in [-0.05, 0) is 336 Å². The molecule has 0 heterocycles. The average molecular weight is 1180 g/mol. The minimum atomic E-state index is 0.309. The lowest BCUT2D eigenvalue weighted by Crippen LogP contribution is -1.97. The van der Waals surface area contributed by atoms with Gasteiger partial charge in [-0.15, -0.1) is 0 Å². The monoisotopic (exact) mass is 1180 g/mol. The van der Waals surface area contributed by atoms with Crippen molar-refractivity contribution in [3.8, 4) is 0 Å². The molecular weight excluding hydrogens is 1040 g/mol. The Kier molecular flexibility index (Phi) is 52.2. The molecule has 0 fully saturated rings. The van der Waals surface area contributed by atoms with Gasteiger partial charge in [0.2, 0.25) is 0 Å². The third-order valence-electron chi connectivity index (χ3n) is 17.3. The molecule has 0 bridgehead atoms. The van der Waals surface area contributed by atoms with Gasteiger partial charge >= 0.3 is 0 Å². The minimum Gasteiger partial charge on any atom is -0.396 e. The maximum atomic E-state index is 9.10. The van der Waals surface area contributed by atoms with E-state index in [1.54, 1.807) is 0 Å². The smallest absolute Gasteiger partial charge is 0.0433 e. The number of hydrogen-bond acceptors (Lipinski definition) is 1. The van der Waals surface area contributed by atoms with Crippen molar-refractivity contribution < 1.29 is 5.11 Å². The zero-order chi connectivity index (χ0) is 64.2. The SMILES string of the molecule is CC(C)=CCC/C(C)=C/CC/C(C)=C/CC/C(C)=C/CC/C(C)=C/CC/C(C)=C/CC/C(C)=C/CC/C(C)=C/CC/C(C)=C/CC/C(C)=C/CC/C(C)=C/CC/C(C)=C/CC/C(C)=C/CC/C(C)=C/CC/C(C)=C/CC/C(C)=C/CCC(C)CCO. The summed E-state index contributed by atoms with van der Waals surface area (Å²) in [5.74, 6) is 0.612. The third kappa shape index (κ3) is 55.1. The fraction of sp³-hybridized carbons (Fsp3) is 0.624. The van der Waals surface area contributed by atoms with Crippen molar-refractivity contribution in [3.63, 3.8) is 0 Å². The Morgan fingerprint density at radius 2 is 0.326 bits per heavy atom. The van der Waals surface area contributed by atoms with Crippen LogP contribution in [0.25, 0.3) is 0 Å². The van der Waals surface area contributed by atoms with Crippen LogP contribution in [0.15, 0.2) is 186 Å².